The van der Waals surface area contributed by atoms with Crippen molar-refractivity contribution in [3.05, 3.63) is 104 Å². The molecular weight excluding hydrogens is 368 g/mol. The van der Waals surface area contributed by atoms with Crippen molar-refractivity contribution in [2.75, 3.05) is 0 Å². The van der Waals surface area contributed by atoms with Gasteiger partial charge in [-0.05, 0) is 0 Å². The summed E-state index contributed by atoms with van der Waals surface area (Å²) < 4.78 is 3.12. The summed E-state index contributed by atoms with van der Waals surface area (Å²) in [6, 6.07) is 18.1. The van der Waals surface area contributed by atoms with E-state index in [9.17, 15) is 0 Å². The second kappa shape index (κ2) is 8.30. The molecule has 0 saturated heterocycles. The van der Waals surface area contributed by atoms with Crippen LogP contribution in [0.4, 0.5) is 0 Å². The third-order valence-corrected chi connectivity index (χ3v) is 6.94. The van der Waals surface area contributed by atoms with Gasteiger partial charge in [-0.15, -0.1) is 0 Å². The molecule has 2 aromatic carbocycles. The molecule has 138 valence electrons. The van der Waals surface area contributed by atoms with E-state index in [0.29, 0.717) is 0 Å². The summed E-state index contributed by atoms with van der Waals surface area (Å²) in [5, 5.41) is 0. The Morgan fingerprint density at radius 1 is 0.704 bits per heavy atom. The van der Waals surface area contributed by atoms with Gasteiger partial charge in [0, 0.05) is 0 Å². The fourth-order valence-electron chi connectivity index (χ4n) is 3.66. The zero-order valence-corrected chi connectivity index (χ0v) is 17.2. The van der Waals surface area contributed by atoms with Gasteiger partial charge in [0.2, 0.25) is 0 Å². The molecule has 0 atom stereocenters. The quantitative estimate of drug-likeness (QED) is 0.466. The van der Waals surface area contributed by atoms with Crippen LogP contribution in [0.5, 0.6) is 0 Å². The van der Waals surface area contributed by atoms with Gasteiger partial charge >= 0.3 is 170 Å². The van der Waals surface area contributed by atoms with Gasteiger partial charge in [0.05, 0.1) is 0 Å². The van der Waals surface area contributed by atoms with Gasteiger partial charge in [-0.2, -0.15) is 0 Å². The van der Waals surface area contributed by atoms with E-state index in [1.54, 1.807) is 8.94 Å². The Morgan fingerprint density at radius 2 is 1.19 bits per heavy atom. The molecule has 4 rings (SSSR count). The van der Waals surface area contributed by atoms with E-state index in [4.69, 9.17) is 0 Å². The second-order valence-electron chi connectivity index (χ2n) is 7.02. The third-order valence-electron chi connectivity index (χ3n) is 5.23. The van der Waals surface area contributed by atoms with E-state index in [0.717, 1.165) is 40.6 Å². The summed E-state index contributed by atoms with van der Waals surface area (Å²) >= 11 is 1.08. The average molecular weight is 394 g/mol. The first-order chi connectivity index (χ1) is 13.3. The molecule has 2 aliphatic rings. The van der Waals surface area contributed by atoms with Crippen LogP contribution in [0, 0.1) is 0 Å². The maximum absolute atomic E-state index is 2.36. The number of allylic oxidation sites excluding steroid dienone is 8. The molecule has 0 spiro atoms. The van der Waals surface area contributed by atoms with E-state index >= 15 is 0 Å². The van der Waals surface area contributed by atoms with Crippen LogP contribution in [0.15, 0.2) is 81.8 Å². The van der Waals surface area contributed by atoms with Crippen molar-refractivity contribution in [2.45, 2.75) is 39.5 Å². The molecule has 27 heavy (non-hydrogen) atoms. The minimum absolute atomic E-state index is 1.08. The van der Waals surface area contributed by atoms with E-state index in [1.807, 2.05) is 0 Å². The Bertz CT molecular complexity index is 890. The summed E-state index contributed by atoms with van der Waals surface area (Å²) in [6.45, 7) is 4.45. The van der Waals surface area contributed by atoms with E-state index in [1.165, 1.54) is 33.4 Å². The molecule has 0 aromatic heterocycles. The molecule has 0 nitrogen and oxygen atoms in total. The van der Waals surface area contributed by atoms with Crippen molar-refractivity contribution in [1.82, 2.24) is 0 Å². The van der Waals surface area contributed by atoms with Crippen LogP contribution in [0.3, 0.4) is 0 Å². The topological polar surface area (TPSA) is 0 Å². The Hall–Kier alpha value is -2.08. The number of benzene rings is 2. The maximum atomic E-state index is 2.36. The second-order valence-corrected chi connectivity index (χ2v) is 8.63. The van der Waals surface area contributed by atoms with Crippen molar-refractivity contribution < 1.29 is 15.0 Å². The predicted molar refractivity (Wildman–Crippen MR) is 113 cm³/mol. The number of rotatable bonds is 6. The molecule has 0 aliphatic heterocycles. The summed E-state index contributed by atoms with van der Waals surface area (Å²) in [4.78, 5) is 0. The molecule has 0 saturated carbocycles. The average Bonchev–Trinajstić information content (AvgIpc) is 3.38. The molecule has 0 N–H and O–H groups in total. The van der Waals surface area contributed by atoms with Crippen LogP contribution in [0.2, 0.25) is 0 Å². The van der Waals surface area contributed by atoms with E-state index in [2.05, 4.69) is 86.7 Å². The summed E-state index contributed by atoms with van der Waals surface area (Å²) in [7, 11) is 0. The van der Waals surface area contributed by atoms with Crippen molar-refractivity contribution in [2.24, 2.45) is 0 Å². The van der Waals surface area contributed by atoms with Gasteiger partial charge in [-0.1, -0.05) is 0 Å². The Morgan fingerprint density at radius 3 is 1.63 bits per heavy atom. The summed E-state index contributed by atoms with van der Waals surface area (Å²) in [5.41, 5.74) is 8.45. The Kier molecular flexibility index (Phi) is 5.62. The third kappa shape index (κ3) is 3.95. The van der Waals surface area contributed by atoms with Gasteiger partial charge in [0.1, 0.15) is 0 Å². The molecule has 0 bridgehead atoms. The van der Waals surface area contributed by atoms with Crippen LogP contribution in [0.1, 0.15) is 48.9 Å². The molecule has 0 fully saturated rings. The van der Waals surface area contributed by atoms with Crippen LogP contribution in [-0.2, 0) is 27.8 Å². The molecule has 0 heterocycles. The SMILES string of the molecule is CCc1cccc(C2=[C]([Fe][C]3=C(c4cccc(CC)c4)C=CC3)CC=C2)c1. The van der Waals surface area contributed by atoms with Crippen molar-refractivity contribution >= 4 is 11.1 Å². The molecule has 1 heteroatoms. The first-order valence-electron chi connectivity index (χ1n) is 9.89. The monoisotopic (exact) mass is 394 g/mol. The van der Waals surface area contributed by atoms with Crippen molar-refractivity contribution in [3.63, 3.8) is 0 Å². The zero-order valence-electron chi connectivity index (χ0n) is 16.1. The van der Waals surface area contributed by atoms with E-state index in [-0.39, 0.29) is 0 Å². The first kappa shape index (κ1) is 18.3. The zero-order chi connectivity index (χ0) is 18.6. The molecule has 2 aliphatic carbocycles. The van der Waals surface area contributed by atoms with Crippen molar-refractivity contribution in [3.8, 4) is 0 Å². The van der Waals surface area contributed by atoms with Gasteiger partial charge in [0.15, 0.2) is 0 Å². The number of hydrogen-bond donors (Lipinski definition) is 0. The van der Waals surface area contributed by atoms with Gasteiger partial charge in [-0.3, -0.25) is 0 Å². The van der Waals surface area contributed by atoms with Gasteiger partial charge in [0.25, 0.3) is 0 Å². The van der Waals surface area contributed by atoms with E-state index < -0.39 is 0 Å². The van der Waals surface area contributed by atoms with Crippen molar-refractivity contribution in [1.29, 1.82) is 0 Å². The van der Waals surface area contributed by atoms with Crippen LogP contribution in [0.25, 0.3) is 11.1 Å². The minimum atomic E-state index is 1.08. The summed E-state index contributed by atoms with van der Waals surface area (Å²) in [6.07, 6.45) is 13.6. The van der Waals surface area contributed by atoms with Crippen LogP contribution < -0.4 is 0 Å². The molecule has 0 amide bonds. The fourth-order valence-corrected chi connectivity index (χ4v) is 5.35. The number of hydrogen-bond acceptors (Lipinski definition) is 0. The standard InChI is InChI=1S/2C13H13.Fe/c2*1-2-11-6-5-9-13(10-11)12-7-3-4-8-12;/h2*3,5-7,9-10H,2,4H2,1H3;. The number of aryl methyl sites for hydroxylation is 2. The van der Waals surface area contributed by atoms with Crippen LogP contribution >= 0.6 is 0 Å². The molecule has 0 radical (unpaired) electrons. The summed E-state index contributed by atoms with van der Waals surface area (Å²) in [5.74, 6) is 0. The fraction of sp³-hybridized carbons (Fsp3) is 0.231. The molecule has 0 unspecified atom stereocenters. The van der Waals surface area contributed by atoms with Gasteiger partial charge < -0.3 is 0 Å². The first-order valence-corrected chi connectivity index (χ1v) is 11.0. The Balaban J connectivity index is 1.67. The van der Waals surface area contributed by atoms with Gasteiger partial charge in [-0.25, -0.2) is 0 Å². The molecule has 2 aromatic rings. The molecular formula is C26H26Fe. The predicted octanol–water partition coefficient (Wildman–Crippen LogP) is 6.94. The normalized spacial score (nSPS) is 16.2. The Labute approximate surface area is 169 Å². The van der Waals surface area contributed by atoms with Crippen LogP contribution in [-0.4, -0.2) is 0 Å².